The van der Waals surface area contributed by atoms with Crippen molar-refractivity contribution in [2.24, 2.45) is 0 Å². The zero-order chi connectivity index (χ0) is 13.8. The van der Waals surface area contributed by atoms with E-state index >= 15 is 0 Å². The van der Waals surface area contributed by atoms with Crippen LogP contribution >= 0.6 is 15.9 Å². The summed E-state index contributed by atoms with van der Waals surface area (Å²) in [4.78, 5) is 0. The fraction of sp³-hybridized carbons (Fsp3) is 0.0714. The van der Waals surface area contributed by atoms with Gasteiger partial charge in [0.25, 0.3) is 0 Å². The molecule has 0 atom stereocenters. The summed E-state index contributed by atoms with van der Waals surface area (Å²) in [7, 11) is 0. The first kappa shape index (κ1) is 13.4. The third-order valence-electron chi connectivity index (χ3n) is 2.45. The Morgan fingerprint density at radius 3 is 2.74 bits per heavy atom. The Bertz CT molecular complexity index is 652. The van der Waals surface area contributed by atoms with Crippen LogP contribution < -0.4 is 10.5 Å². The Hall–Kier alpha value is -2.06. The van der Waals surface area contributed by atoms with Crippen LogP contribution in [0.1, 0.15) is 11.1 Å². The molecule has 0 radical (unpaired) electrons. The Morgan fingerprint density at radius 1 is 1.26 bits per heavy atom. The van der Waals surface area contributed by atoms with E-state index in [0.29, 0.717) is 17.0 Å². The van der Waals surface area contributed by atoms with Crippen LogP contribution in [-0.2, 0) is 6.61 Å². The minimum atomic E-state index is -0.457. The Labute approximate surface area is 118 Å². The maximum atomic E-state index is 13.2. The molecule has 0 unspecified atom stereocenters. The molecule has 0 aliphatic carbocycles. The van der Waals surface area contributed by atoms with E-state index in [1.54, 1.807) is 24.3 Å². The summed E-state index contributed by atoms with van der Waals surface area (Å²) in [5.74, 6) is 0.0624. The number of anilines is 1. The van der Waals surface area contributed by atoms with Crippen molar-refractivity contribution in [2.45, 2.75) is 6.61 Å². The summed E-state index contributed by atoms with van der Waals surface area (Å²) in [6.45, 7) is 0.151. The molecule has 0 spiro atoms. The molecule has 0 amide bonds. The number of benzene rings is 2. The standard InChI is InChI=1S/C14H10BrFN2O/c15-11-1-2-14(13(18)6-11)19-8-10-3-9(7-17)4-12(16)5-10/h1-6H,8,18H2. The van der Waals surface area contributed by atoms with Crippen LogP contribution in [0.5, 0.6) is 5.75 Å². The number of nitrogen functional groups attached to an aromatic ring is 1. The van der Waals surface area contributed by atoms with Crippen molar-refractivity contribution in [3.63, 3.8) is 0 Å². The Balaban J connectivity index is 2.14. The van der Waals surface area contributed by atoms with E-state index in [1.807, 2.05) is 6.07 Å². The van der Waals surface area contributed by atoms with Crippen molar-refractivity contribution < 1.29 is 9.13 Å². The molecule has 0 aromatic heterocycles. The Kier molecular flexibility index (Phi) is 4.03. The summed E-state index contributed by atoms with van der Waals surface area (Å²) in [5.41, 5.74) is 7.13. The van der Waals surface area contributed by atoms with Crippen LogP contribution in [0.4, 0.5) is 10.1 Å². The molecule has 3 nitrogen and oxygen atoms in total. The number of halogens is 2. The summed E-state index contributed by atoms with van der Waals surface area (Å²) in [6, 6.07) is 11.2. The van der Waals surface area contributed by atoms with Gasteiger partial charge in [-0.15, -0.1) is 0 Å². The van der Waals surface area contributed by atoms with Crippen molar-refractivity contribution in [2.75, 3.05) is 5.73 Å². The van der Waals surface area contributed by atoms with Crippen LogP contribution in [0.2, 0.25) is 0 Å². The normalized spacial score (nSPS) is 9.95. The van der Waals surface area contributed by atoms with Crippen LogP contribution in [-0.4, -0.2) is 0 Å². The van der Waals surface area contributed by atoms with Gasteiger partial charge in [-0.2, -0.15) is 5.26 Å². The third kappa shape index (κ3) is 3.46. The number of nitrogens with two attached hydrogens (primary N) is 1. The van der Waals surface area contributed by atoms with Gasteiger partial charge in [0, 0.05) is 4.47 Å². The first-order valence-corrected chi connectivity index (χ1v) is 6.25. The molecule has 0 heterocycles. The number of ether oxygens (including phenoxy) is 1. The van der Waals surface area contributed by atoms with E-state index in [4.69, 9.17) is 15.7 Å². The van der Waals surface area contributed by atoms with Gasteiger partial charge in [-0.25, -0.2) is 4.39 Å². The van der Waals surface area contributed by atoms with Gasteiger partial charge >= 0.3 is 0 Å². The maximum Gasteiger partial charge on any atom is 0.142 e. The molecule has 0 fully saturated rings. The predicted octanol–water partition coefficient (Wildman–Crippen LogP) is 3.62. The van der Waals surface area contributed by atoms with Crippen LogP contribution in [0, 0.1) is 17.1 Å². The van der Waals surface area contributed by atoms with Crippen LogP contribution in [0.3, 0.4) is 0 Å². The smallest absolute Gasteiger partial charge is 0.142 e. The van der Waals surface area contributed by atoms with Gasteiger partial charge in [0.2, 0.25) is 0 Å². The molecule has 0 aliphatic rings. The summed E-state index contributed by atoms with van der Waals surface area (Å²) in [6.07, 6.45) is 0. The van der Waals surface area contributed by atoms with Crippen molar-refractivity contribution in [3.8, 4) is 11.8 Å². The SMILES string of the molecule is N#Cc1cc(F)cc(COc2ccc(Br)cc2N)c1. The highest BCUT2D eigenvalue weighted by Gasteiger charge is 2.04. The Morgan fingerprint density at radius 2 is 2.05 bits per heavy atom. The third-order valence-corrected chi connectivity index (χ3v) is 2.95. The molecular formula is C14H10BrFN2O. The van der Waals surface area contributed by atoms with E-state index in [9.17, 15) is 4.39 Å². The molecule has 96 valence electrons. The van der Waals surface area contributed by atoms with Gasteiger partial charge in [-0.1, -0.05) is 15.9 Å². The lowest BCUT2D eigenvalue weighted by Crippen LogP contribution is -1.99. The second-order valence-corrected chi connectivity index (χ2v) is 4.85. The fourth-order valence-corrected chi connectivity index (χ4v) is 1.99. The summed E-state index contributed by atoms with van der Waals surface area (Å²) >= 11 is 3.30. The maximum absolute atomic E-state index is 13.2. The average molecular weight is 321 g/mol. The zero-order valence-corrected chi connectivity index (χ0v) is 11.4. The van der Waals surface area contributed by atoms with E-state index < -0.39 is 5.82 Å². The molecule has 0 saturated heterocycles. The largest absolute Gasteiger partial charge is 0.487 e. The second-order valence-electron chi connectivity index (χ2n) is 3.93. The second kappa shape index (κ2) is 5.72. The van der Waals surface area contributed by atoms with Gasteiger partial charge in [-0.3, -0.25) is 0 Å². The van der Waals surface area contributed by atoms with Crippen molar-refractivity contribution >= 4 is 21.6 Å². The number of hydrogen-bond donors (Lipinski definition) is 1. The summed E-state index contributed by atoms with van der Waals surface area (Å²) in [5, 5.41) is 8.76. The molecule has 0 saturated carbocycles. The van der Waals surface area contributed by atoms with Crippen LogP contribution in [0.15, 0.2) is 40.9 Å². The quantitative estimate of drug-likeness (QED) is 0.879. The van der Waals surface area contributed by atoms with Crippen molar-refractivity contribution in [1.82, 2.24) is 0 Å². The van der Waals surface area contributed by atoms with Gasteiger partial charge in [0.05, 0.1) is 17.3 Å². The fourth-order valence-electron chi connectivity index (χ4n) is 1.61. The summed E-state index contributed by atoms with van der Waals surface area (Å²) < 4.78 is 19.6. The number of nitriles is 1. The first-order chi connectivity index (χ1) is 9.08. The van der Waals surface area contributed by atoms with E-state index in [2.05, 4.69) is 15.9 Å². The molecule has 19 heavy (non-hydrogen) atoms. The van der Waals surface area contributed by atoms with E-state index in [-0.39, 0.29) is 12.2 Å². The molecule has 2 rings (SSSR count). The van der Waals surface area contributed by atoms with Gasteiger partial charge in [0.1, 0.15) is 18.2 Å². The average Bonchev–Trinajstić information content (AvgIpc) is 2.37. The highest BCUT2D eigenvalue weighted by Crippen LogP contribution is 2.26. The number of rotatable bonds is 3. The molecule has 2 N–H and O–H groups in total. The number of nitrogens with zero attached hydrogens (tertiary/aromatic N) is 1. The molecule has 0 bridgehead atoms. The molecular weight excluding hydrogens is 311 g/mol. The van der Waals surface area contributed by atoms with E-state index in [1.165, 1.54) is 12.1 Å². The lowest BCUT2D eigenvalue weighted by Gasteiger charge is -2.09. The molecule has 2 aromatic rings. The minimum absolute atomic E-state index is 0.151. The van der Waals surface area contributed by atoms with Crippen molar-refractivity contribution in [1.29, 1.82) is 5.26 Å². The minimum Gasteiger partial charge on any atom is -0.487 e. The monoisotopic (exact) mass is 320 g/mol. The zero-order valence-electron chi connectivity index (χ0n) is 9.86. The van der Waals surface area contributed by atoms with E-state index in [0.717, 1.165) is 4.47 Å². The lowest BCUT2D eigenvalue weighted by molar-refractivity contribution is 0.307. The number of hydrogen-bond acceptors (Lipinski definition) is 3. The van der Waals surface area contributed by atoms with Crippen LogP contribution in [0.25, 0.3) is 0 Å². The topological polar surface area (TPSA) is 59.0 Å². The van der Waals surface area contributed by atoms with Gasteiger partial charge in [0.15, 0.2) is 0 Å². The highest BCUT2D eigenvalue weighted by molar-refractivity contribution is 9.10. The van der Waals surface area contributed by atoms with Crippen molar-refractivity contribution in [3.05, 3.63) is 57.8 Å². The molecule has 5 heteroatoms. The lowest BCUT2D eigenvalue weighted by atomic mass is 10.1. The van der Waals surface area contributed by atoms with Gasteiger partial charge < -0.3 is 10.5 Å². The first-order valence-electron chi connectivity index (χ1n) is 5.46. The highest BCUT2D eigenvalue weighted by atomic mass is 79.9. The molecule has 0 aliphatic heterocycles. The predicted molar refractivity (Wildman–Crippen MR) is 74.0 cm³/mol. The molecule has 2 aromatic carbocycles. The van der Waals surface area contributed by atoms with Gasteiger partial charge in [-0.05, 0) is 42.0 Å².